The summed E-state index contributed by atoms with van der Waals surface area (Å²) in [6, 6.07) is 11.1. The first-order chi connectivity index (χ1) is 22.0. The van der Waals surface area contributed by atoms with Gasteiger partial charge in [0.15, 0.2) is 0 Å². The first-order valence-electron chi connectivity index (χ1n) is 16.5. The van der Waals surface area contributed by atoms with Gasteiger partial charge in [-0.1, -0.05) is 49.2 Å². The summed E-state index contributed by atoms with van der Waals surface area (Å²) in [5.41, 5.74) is 3.05. The van der Waals surface area contributed by atoms with Gasteiger partial charge in [-0.3, -0.25) is 4.79 Å². The predicted octanol–water partition coefficient (Wildman–Crippen LogP) is 5.94. The molecule has 2 aliphatic carbocycles. The molecule has 8 nitrogen and oxygen atoms in total. The number of aliphatic hydroxyl groups excluding tert-OH is 2. The van der Waals surface area contributed by atoms with Crippen LogP contribution in [0.3, 0.4) is 0 Å². The standard InChI is InChI=1S/C36H47ClN2O6S/c1-4-6-7-11-33(41)29-15-12-27(29)21-39-22-36(18-8-10-25-19-28(37)14-16-30(25)36)23-45-34-17-13-26(20-31(34)39)35(42)38-46(43,44)24(3)32(40)9-5-2/h5,7,11,13-14,16-17,19-20,24,27,29,32-33,40-41H,2,4,6,8-10,12,15,18,21-23H2,1,3H3,(H,38,42)/b11-7+/t24-,27-,29+,32-,33-,36-/m0/s1. The van der Waals surface area contributed by atoms with Crippen LogP contribution < -0.4 is 14.4 Å². The number of amides is 1. The van der Waals surface area contributed by atoms with Crippen molar-refractivity contribution in [3.05, 3.63) is 82.9 Å². The van der Waals surface area contributed by atoms with Gasteiger partial charge < -0.3 is 19.8 Å². The molecule has 0 unspecified atom stereocenters. The van der Waals surface area contributed by atoms with Crippen molar-refractivity contribution in [3.63, 3.8) is 0 Å². The molecule has 1 fully saturated rings. The summed E-state index contributed by atoms with van der Waals surface area (Å²) in [4.78, 5) is 15.7. The summed E-state index contributed by atoms with van der Waals surface area (Å²) in [6.07, 6.45) is 10.6. The summed E-state index contributed by atoms with van der Waals surface area (Å²) in [5.74, 6) is 0.235. The average molecular weight is 671 g/mol. The number of rotatable bonds is 12. The van der Waals surface area contributed by atoms with Gasteiger partial charge in [0.1, 0.15) is 11.0 Å². The lowest BCUT2D eigenvalue weighted by Crippen LogP contribution is -2.49. The number of halogens is 1. The Hall–Kier alpha value is -2.85. The van der Waals surface area contributed by atoms with Crippen LogP contribution in [0.1, 0.15) is 80.3 Å². The van der Waals surface area contributed by atoms with Gasteiger partial charge in [-0.15, -0.1) is 6.58 Å². The summed E-state index contributed by atoms with van der Waals surface area (Å²) < 4.78 is 34.6. The molecule has 6 atom stereocenters. The van der Waals surface area contributed by atoms with E-state index in [2.05, 4.69) is 41.3 Å². The molecule has 1 heterocycles. The number of benzene rings is 2. The molecular formula is C36H47ClN2O6S. The van der Waals surface area contributed by atoms with Crippen LogP contribution in [0.15, 0.2) is 61.2 Å². The highest BCUT2D eigenvalue weighted by Gasteiger charge is 2.44. The Morgan fingerprint density at radius 3 is 2.76 bits per heavy atom. The number of nitrogens with zero attached hydrogens (tertiary/aromatic N) is 1. The summed E-state index contributed by atoms with van der Waals surface area (Å²) in [7, 11) is -4.16. The van der Waals surface area contributed by atoms with Crippen molar-refractivity contribution < 1.29 is 28.2 Å². The number of nitrogens with one attached hydrogen (secondary N) is 1. The second kappa shape index (κ2) is 14.5. The molecule has 1 aliphatic heterocycles. The van der Waals surface area contributed by atoms with E-state index >= 15 is 0 Å². The van der Waals surface area contributed by atoms with Crippen molar-refractivity contribution in [2.75, 3.05) is 24.6 Å². The first kappa shape index (κ1) is 34.5. The Kier molecular flexibility index (Phi) is 10.9. The smallest absolute Gasteiger partial charge is 0.264 e. The molecule has 0 bridgehead atoms. The van der Waals surface area contributed by atoms with Crippen molar-refractivity contribution in [3.8, 4) is 5.75 Å². The van der Waals surface area contributed by atoms with Crippen molar-refractivity contribution in [1.29, 1.82) is 0 Å². The number of anilines is 1. The molecule has 5 rings (SSSR count). The lowest BCUT2D eigenvalue weighted by Gasteiger charge is -2.45. The molecule has 3 N–H and O–H groups in total. The topological polar surface area (TPSA) is 116 Å². The van der Waals surface area contributed by atoms with Crippen LogP contribution in [0.4, 0.5) is 5.69 Å². The Bertz CT molecular complexity index is 1560. The zero-order chi connectivity index (χ0) is 33.1. The minimum absolute atomic E-state index is 0.0871. The first-order valence-corrected chi connectivity index (χ1v) is 18.4. The van der Waals surface area contributed by atoms with Gasteiger partial charge in [0.05, 0.1) is 24.5 Å². The highest BCUT2D eigenvalue weighted by molar-refractivity contribution is 7.90. The molecule has 3 aliphatic rings. The highest BCUT2D eigenvalue weighted by Crippen LogP contribution is 2.46. The fraction of sp³-hybridized carbons (Fsp3) is 0.528. The fourth-order valence-electron chi connectivity index (χ4n) is 7.20. The number of unbranched alkanes of at least 4 members (excludes halogenated alkanes) is 1. The molecule has 0 saturated heterocycles. The van der Waals surface area contributed by atoms with E-state index in [9.17, 15) is 23.4 Å². The second-order valence-electron chi connectivity index (χ2n) is 13.3. The van der Waals surface area contributed by atoms with Crippen LogP contribution in [0.25, 0.3) is 0 Å². The number of hydrogen-bond donors (Lipinski definition) is 3. The van der Waals surface area contributed by atoms with Crippen LogP contribution in [-0.4, -0.2) is 61.7 Å². The van der Waals surface area contributed by atoms with Crippen LogP contribution in [0.2, 0.25) is 5.02 Å². The van der Waals surface area contributed by atoms with E-state index in [0.29, 0.717) is 30.5 Å². The van der Waals surface area contributed by atoms with E-state index in [0.717, 1.165) is 50.6 Å². The number of carbonyl (C=O) groups is 1. The molecule has 46 heavy (non-hydrogen) atoms. The number of fused-ring (bicyclic) bond motifs is 3. The SMILES string of the molecule is C=CC[C@H](O)[C@H](C)S(=O)(=O)NC(=O)c1ccc2c(c1)N(C[C@@H]1CC[C@H]1[C@@H](O)/C=C/CCC)C[C@@]1(CCCc3cc(Cl)ccc31)CO2. The third-order valence-corrected chi connectivity index (χ3v) is 12.1. The fourth-order valence-corrected chi connectivity index (χ4v) is 8.49. The van der Waals surface area contributed by atoms with Gasteiger partial charge in [-0.05, 0) is 105 Å². The minimum atomic E-state index is -4.16. The van der Waals surface area contributed by atoms with Gasteiger partial charge in [0, 0.05) is 29.1 Å². The normalized spacial score (nSPS) is 24.6. The lowest BCUT2D eigenvalue weighted by atomic mass is 9.68. The van der Waals surface area contributed by atoms with Gasteiger partial charge in [0.25, 0.3) is 5.91 Å². The Morgan fingerprint density at radius 2 is 2.04 bits per heavy atom. The number of aryl methyl sites for hydroxylation is 1. The number of hydrogen-bond acceptors (Lipinski definition) is 7. The van der Waals surface area contributed by atoms with Crippen molar-refractivity contribution in [1.82, 2.24) is 4.72 Å². The van der Waals surface area contributed by atoms with Crippen LogP contribution >= 0.6 is 11.6 Å². The van der Waals surface area contributed by atoms with Gasteiger partial charge in [0.2, 0.25) is 10.0 Å². The quantitative estimate of drug-likeness (QED) is 0.239. The van der Waals surface area contributed by atoms with Crippen LogP contribution in [-0.2, 0) is 21.9 Å². The molecule has 1 spiro atoms. The van der Waals surface area contributed by atoms with E-state index in [4.69, 9.17) is 16.3 Å². The highest BCUT2D eigenvalue weighted by atomic mass is 35.5. The molecule has 10 heteroatoms. The van der Waals surface area contributed by atoms with Gasteiger partial charge in [-0.2, -0.15) is 0 Å². The van der Waals surface area contributed by atoms with E-state index in [1.165, 1.54) is 24.1 Å². The lowest BCUT2D eigenvalue weighted by molar-refractivity contribution is 0.0456. The Labute approximate surface area is 278 Å². The number of aliphatic hydroxyl groups is 2. The minimum Gasteiger partial charge on any atom is -0.490 e. The molecule has 2 aromatic rings. The number of ether oxygens (including phenoxy) is 1. The average Bonchev–Trinajstić information content (AvgIpc) is 3.15. The van der Waals surface area contributed by atoms with E-state index < -0.39 is 33.4 Å². The van der Waals surface area contributed by atoms with Crippen molar-refractivity contribution >= 4 is 33.2 Å². The summed E-state index contributed by atoms with van der Waals surface area (Å²) in [6.45, 7) is 8.81. The second-order valence-corrected chi connectivity index (χ2v) is 15.7. The third-order valence-electron chi connectivity index (χ3n) is 10.1. The number of allylic oxidation sites excluding steroid dienone is 1. The van der Waals surface area contributed by atoms with Crippen molar-refractivity contribution in [2.45, 2.75) is 88.1 Å². The van der Waals surface area contributed by atoms with Crippen LogP contribution in [0.5, 0.6) is 5.75 Å². The van der Waals surface area contributed by atoms with Crippen LogP contribution in [0, 0.1) is 11.8 Å². The molecule has 1 saturated carbocycles. The maximum atomic E-state index is 13.4. The summed E-state index contributed by atoms with van der Waals surface area (Å²) >= 11 is 6.40. The largest absolute Gasteiger partial charge is 0.490 e. The third kappa shape index (κ3) is 7.33. The molecular weight excluding hydrogens is 624 g/mol. The zero-order valence-electron chi connectivity index (χ0n) is 26.8. The van der Waals surface area contributed by atoms with Gasteiger partial charge in [-0.25, -0.2) is 13.1 Å². The maximum Gasteiger partial charge on any atom is 0.264 e. The molecule has 2 aromatic carbocycles. The maximum absolute atomic E-state index is 13.4. The number of carbonyl (C=O) groups excluding carboxylic acids is 1. The van der Waals surface area contributed by atoms with Gasteiger partial charge >= 0.3 is 0 Å². The number of sulfonamides is 1. The van der Waals surface area contributed by atoms with E-state index in [1.807, 2.05) is 12.1 Å². The monoisotopic (exact) mass is 670 g/mol. The molecule has 250 valence electrons. The summed E-state index contributed by atoms with van der Waals surface area (Å²) in [5, 5.41) is 20.8. The Morgan fingerprint density at radius 1 is 1.24 bits per heavy atom. The van der Waals surface area contributed by atoms with Crippen molar-refractivity contribution in [2.24, 2.45) is 11.8 Å². The predicted molar refractivity (Wildman–Crippen MR) is 183 cm³/mol. The van der Waals surface area contributed by atoms with E-state index in [1.54, 1.807) is 18.2 Å². The molecule has 1 amide bonds. The van der Waals surface area contributed by atoms with E-state index in [-0.39, 0.29) is 29.2 Å². The molecule has 0 radical (unpaired) electrons. The Balaban J connectivity index is 1.47. The molecule has 0 aromatic heterocycles. The zero-order valence-corrected chi connectivity index (χ0v) is 28.4.